The molecule has 22 heavy (non-hydrogen) atoms. The third-order valence-corrected chi connectivity index (χ3v) is 3.46. The van der Waals surface area contributed by atoms with Gasteiger partial charge in [-0.05, 0) is 12.0 Å². The zero-order valence-electron chi connectivity index (χ0n) is 12.4. The van der Waals surface area contributed by atoms with E-state index in [1.165, 1.54) is 6.07 Å². The Morgan fingerprint density at radius 1 is 1.36 bits per heavy atom. The number of benzene rings is 1. The number of halogens is 1. The summed E-state index contributed by atoms with van der Waals surface area (Å²) >= 11 is 0. The lowest BCUT2D eigenvalue weighted by atomic mass is 10.1. The third kappa shape index (κ3) is 3.41. The van der Waals surface area contributed by atoms with E-state index in [9.17, 15) is 18.8 Å². The molecule has 0 radical (unpaired) electrons. The molecule has 7 heteroatoms. The number of rotatable bonds is 5. The van der Waals surface area contributed by atoms with Gasteiger partial charge in [-0.25, -0.2) is 9.18 Å². The van der Waals surface area contributed by atoms with Crippen LogP contribution in [0.25, 0.3) is 0 Å². The standard InChI is InChI=1S/C15H18FN3O3/c1-9(2)13-14(21)19(15(22)18-13)8-12(20)17-7-10-5-3-4-6-11(10)16/h3-6,9,13H,7-8H2,1-2H3,(H,17,20)(H,18,22). The SMILES string of the molecule is CC(C)C1NC(=O)N(CC(=O)NCc2ccccc2F)C1=O. The first-order valence-electron chi connectivity index (χ1n) is 7.02. The molecule has 1 aliphatic heterocycles. The van der Waals surface area contributed by atoms with Gasteiger partial charge in [0.2, 0.25) is 5.91 Å². The Labute approximate surface area is 127 Å². The summed E-state index contributed by atoms with van der Waals surface area (Å²) in [5, 5.41) is 5.04. The summed E-state index contributed by atoms with van der Waals surface area (Å²) < 4.78 is 13.4. The highest BCUT2D eigenvalue weighted by atomic mass is 19.1. The van der Waals surface area contributed by atoms with E-state index < -0.39 is 29.7 Å². The molecule has 1 aromatic carbocycles. The molecule has 1 fully saturated rings. The normalized spacial score (nSPS) is 17.8. The number of imide groups is 1. The Bertz CT molecular complexity index is 603. The maximum absolute atomic E-state index is 13.4. The molecule has 0 spiro atoms. The average molecular weight is 307 g/mol. The second-order valence-electron chi connectivity index (χ2n) is 5.46. The van der Waals surface area contributed by atoms with Gasteiger partial charge in [0.25, 0.3) is 5.91 Å². The Kier molecular flexibility index (Phi) is 4.75. The van der Waals surface area contributed by atoms with E-state index in [1.54, 1.807) is 18.2 Å². The van der Waals surface area contributed by atoms with E-state index in [0.717, 1.165) is 4.90 Å². The van der Waals surface area contributed by atoms with Crippen LogP contribution in [0.2, 0.25) is 0 Å². The van der Waals surface area contributed by atoms with Crippen molar-refractivity contribution in [2.75, 3.05) is 6.54 Å². The van der Waals surface area contributed by atoms with Crippen LogP contribution in [0.1, 0.15) is 19.4 Å². The third-order valence-electron chi connectivity index (χ3n) is 3.46. The van der Waals surface area contributed by atoms with Crippen LogP contribution in [0.15, 0.2) is 24.3 Å². The first kappa shape index (κ1) is 15.9. The molecule has 1 atom stereocenters. The number of nitrogens with zero attached hydrogens (tertiary/aromatic N) is 1. The highest BCUT2D eigenvalue weighted by Crippen LogP contribution is 2.13. The lowest BCUT2D eigenvalue weighted by Crippen LogP contribution is -2.41. The lowest BCUT2D eigenvalue weighted by Gasteiger charge is -2.14. The smallest absolute Gasteiger partial charge is 0.325 e. The fourth-order valence-corrected chi connectivity index (χ4v) is 2.18. The van der Waals surface area contributed by atoms with Crippen LogP contribution in [0.5, 0.6) is 0 Å². The molecule has 6 nitrogen and oxygen atoms in total. The molecule has 118 valence electrons. The van der Waals surface area contributed by atoms with Gasteiger partial charge < -0.3 is 10.6 Å². The Morgan fingerprint density at radius 3 is 2.64 bits per heavy atom. The Hall–Kier alpha value is -2.44. The van der Waals surface area contributed by atoms with Crippen molar-refractivity contribution in [1.82, 2.24) is 15.5 Å². The molecule has 1 heterocycles. The molecule has 0 saturated carbocycles. The maximum atomic E-state index is 13.4. The van der Waals surface area contributed by atoms with Crippen LogP contribution in [-0.4, -0.2) is 35.3 Å². The average Bonchev–Trinajstić information content (AvgIpc) is 2.75. The minimum absolute atomic E-state index is 0.00274. The predicted octanol–water partition coefficient (Wildman–Crippen LogP) is 1.02. The van der Waals surface area contributed by atoms with Crippen molar-refractivity contribution in [1.29, 1.82) is 0 Å². The number of carbonyl (C=O) groups is 3. The van der Waals surface area contributed by atoms with Gasteiger partial charge in [-0.1, -0.05) is 32.0 Å². The van der Waals surface area contributed by atoms with Gasteiger partial charge in [-0.2, -0.15) is 0 Å². The van der Waals surface area contributed by atoms with Crippen LogP contribution in [0.3, 0.4) is 0 Å². The summed E-state index contributed by atoms with van der Waals surface area (Å²) in [4.78, 5) is 36.5. The van der Waals surface area contributed by atoms with Crippen molar-refractivity contribution in [3.63, 3.8) is 0 Å². The van der Waals surface area contributed by atoms with Gasteiger partial charge in [-0.3, -0.25) is 14.5 Å². The van der Waals surface area contributed by atoms with Gasteiger partial charge in [-0.15, -0.1) is 0 Å². The first-order chi connectivity index (χ1) is 10.4. The molecule has 1 saturated heterocycles. The van der Waals surface area contributed by atoms with E-state index in [0.29, 0.717) is 5.56 Å². The zero-order valence-corrected chi connectivity index (χ0v) is 12.4. The van der Waals surface area contributed by atoms with Crippen molar-refractivity contribution in [3.8, 4) is 0 Å². The topological polar surface area (TPSA) is 78.5 Å². The van der Waals surface area contributed by atoms with E-state index >= 15 is 0 Å². The maximum Gasteiger partial charge on any atom is 0.325 e. The summed E-state index contributed by atoms with van der Waals surface area (Å²) in [7, 11) is 0. The van der Waals surface area contributed by atoms with Gasteiger partial charge in [0.1, 0.15) is 18.4 Å². The molecule has 1 unspecified atom stereocenters. The second-order valence-corrected chi connectivity index (χ2v) is 5.46. The largest absolute Gasteiger partial charge is 0.350 e. The number of urea groups is 1. The lowest BCUT2D eigenvalue weighted by molar-refractivity contribution is -0.132. The van der Waals surface area contributed by atoms with Crippen LogP contribution in [0, 0.1) is 11.7 Å². The van der Waals surface area contributed by atoms with Crippen molar-refractivity contribution in [2.45, 2.75) is 26.4 Å². The highest BCUT2D eigenvalue weighted by molar-refractivity contribution is 6.06. The fraction of sp³-hybridized carbons (Fsp3) is 0.400. The molecular formula is C15H18FN3O3. The Balaban J connectivity index is 1.91. The van der Waals surface area contributed by atoms with Crippen LogP contribution in [-0.2, 0) is 16.1 Å². The Morgan fingerprint density at radius 2 is 2.05 bits per heavy atom. The van der Waals surface area contributed by atoms with E-state index in [-0.39, 0.29) is 19.0 Å². The van der Waals surface area contributed by atoms with Gasteiger partial charge in [0.15, 0.2) is 0 Å². The van der Waals surface area contributed by atoms with Crippen LogP contribution < -0.4 is 10.6 Å². The molecule has 1 aromatic rings. The van der Waals surface area contributed by atoms with Gasteiger partial charge in [0.05, 0.1) is 0 Å². The number of nitrogens with one attached hydrogen (secondary N) is 2. The first-order valence-corrected chi connectivity index (χ1v) is 7.02. The summed E-state index contributed by atoms with van der Waals surface area (Å²) in [6.45, 7) is 3.25. The minimum Gasteiger partial charge on any atom is -0.350 e. The van der Waals surface area contributed by atoms with Gasteiger partial charge >= 0.3 is 6.03 Å². The second kappa shape index (κ2) is 6.55. The summed E-state index contributed by atoms with van der Waals surface area (Å²) in [6, 6.07) is 4.89. The van der Waals surface area contributed by atoms with Crippen molar-refractivity contribution < 1.29 is 18.8 Å². The summed E-state index contributed by atoms with van der Waals surface area (Å²) in [5.41, 5.74) is 0.341. The van der Waals surface area contributed by atoms with E-state index in [2.05, 4.69) is 10.6 Å². The molecule has 0 aliphatic carbocycles. The van der Waals surface area contributed by atoms with E-state index in [1.807, 2.05) is 13.8 Å². The molecule has 2 rings (SSSR count). The van der Waals surface area contributed by atoms with Crippen molar-refractivity contribution in [2.24, 2.45) is 5.92 Å². The molecule has 0 bridgehead atoms. The van der Waals surface area contributed by atoms with Crippen molar-refractivity contribution in [3.05, 3.63) is 35.6 Å². The molecule has 2 N–H and O–H groups in total. The molecule has 1 aliphatic rings. The van der Waals surface area contributed by atoms with Gasteiger partial charge in [0, 0.05) is 12.1 Å². The number of carbonyl (C=O) groups excluding carboxylic acids is 3. The highest BCUT2D eigenvalue weighted by Gasteiger charge is 2.40. The van der Waals surface area contributed by atoms with Crippen molar-refractivity contribution >= 4 is 17.8 Å². The van der Waals surface area contributed by atoms with Crippen LogP contribution in [0.4, 0.5) is 9.18 Å². The summed E-state index contributed by atoms with van der Waals surface area (Å²) in [6.07, 6.45) is 0. The predicted molar refractivity (Wildman–Crippen MR) is 77.1 cm³/mol. The number of hydrogen-bond donors (Lipinski definition) is 2. The summed E-state index contributed by atoms with van der Waals surface area (Å²) in [5.74, 6) is -1.40. The minimum atomic E-state index is -0.605. The molecule has 0 aromatic heterocycles. The van der Waals surface area contributed by atoms with Crippen LogP contribution >= 0.6 is 0 Å². The monoisotopic (exact) mass is 307 g/mol. The molecule has 4 amide bonds. The molecular weight excluding hydrogens is 289 g/mol. The zero-order chi connectivity index (χ0) is 16.3. The number of amides is 4. The quantitative estimate of drug-likeness (QED) is 0.797. The number of hydrogen-bond acceptors (Lipinski definition) is 3. The fourth-order valence-electron chi connectivity index (χ4n) is 2.18. The van der Waals surface area contributed by atoms with E-state index in [4.69, 9.17) is 0 Å².